The van der Waals surface area contributed by atoms with Crippen LogP contribution in [0, 0.1) is 11.8 Å². The van der Waals surface area contributed by atoms with Crippen LogP contribution in [0.2, 0.25) is 0 Å². The SMILES string of the molecule is CC(N)C(c1ccncc1)N1CC(C)C(C)C1. The van der Waals surface area contributed by atoms with Crippen LogP contribution < -0.4 is 5.73 Å². The molecular formula is C14H23N3. The van der Waals surface area contributed by atoms with Gasteiger partial charge in [0.1, 0.15) is 0 Å². The summed E-state index contributed by atoms with van der Waals surface area (Å²) < 4.78 is 0. The Bertz CT molecular complexity index is 340. The predicted octanol–water partition coefficient (Wildman–Crippen LogP) is 2.06. The first-order valence-electron chi connectivity index (χ1n) is 6.49. The van der Waals surface area contributed by atoms with Crippen LogP contribution in [-0.2, 0) is 0 Å². The van der Waals surface area contributed by atoms with Gasteiger partial charge in [0.25, 0.3) is 0 Å². The van der Waals surface area contributed by atoms with E-state index < -0.39 is 0 Å². The Morgan fingerprint density at radius 2 is 1.76 bits per heavy atom. The third-order valence-corrected chi connectivity index (χ3v) is 3.96. The summed E-state index contributed by atoms with van der Waals surface area (Å²) in [6, 6.07) is 4.64. The molecule has 94 valence electrons. The topological polar surface area (TPSA) is 42.1 Å². The molecule has 0 aliphatic carbocycles. The van der Waals surface area contributed by atoms with Crippen LogP contribution in [0.15, 0.2) is 24.5 Å². The quantitative estimate of drug-likeness (QED) is 0.869. The molecule has 3 heteroatoms. The first-order valence-corrected chi connectivity index (χ1v) is 6.49. The van der Waals surface area contributed by atoms with Gasteiger partial charge in [-0.3, -0.25) is 9.88 Å². The standard InChI is InChI=1S/C14H23N3/c1-10-8-17(9-11(10)2)14(12(3)15)13-4-6-16-7-5-13/h4-7,10-12,14H,8-9,15H2,1-3H3. The molecule has 1 saturated heterocycles. The van der Waals surface area contributed by atoms with Crippen LogP contribution in [0.5, 0.6) is 0 Å². The van der Waals surface area contributed by atoms with E-state index in [9.17, 15) is 0 Å². The van der Waals surface area contributed by atoms with Crippen molar-refractivity contribution in [2.45, 2.75) is 32.9 Å². The fraction of sp³-hybridized carbons (Fsp3) is 0.643. The first kappa shape index (κ1) is 12.5. The van der Waals surface area contributed by atoms with Gasteiger partial charge in [-0.2, -0.15) is 0 Å². The summed E-state index contributed by atoms with van der Waals surface area (Å²) in [6.45, 7) is 9.05. The molecule has 17 heavy (non-hydrogen) atoms. The molecule has 0 saturated carbocycles. The second-order valence-electron chi connectivity index (χ2n) is 5.49. The van der Waals surface area contributed by atoms with Gasteiger partial charge in [-0.25, -0.2) is 0 Å². The van der Waals surface area contributed by atoms with E-state index in [2.05, 4.69) is 42.8 Å². The lowest BCUT2D eigenvalue weighted by atomic mass is 10.0. The highest BCUT2D eigenvalue weighted by Gasteiger charge is 2.33. The monoisotopic (exact) mass is 233 g/mol. The van der Waals surface area contributed by atoms with Gasteiger partial charge in [0.2, 0.25) is 0 Å². The van der Waals surface area contributed by atoms with Crippen LogP contribution in [0.1, 0.15) is 32.4 Å². The van der Waals surface area contributed by atoms with Crippen molar-refractivity contribution >= 4 is 0 Å². The third kappa shape index (κ3) is 2.67. The minimum absolute atomic E-state index is 0.148. The Labute approximate surface area is 104 Å². The zero-order chi connectivity index (χ0) is 12.4. The van der Waals surface area contributed by atoms with E-state index in [4.69, 9.17) is 5.73 Å². The highest BCUT2D eigenvalue weighted by atomic mass is 15.2. The highest BCUT2D eigenvalue weighted by molar-refractivity contribution is 5.17. The van der Waals surface area contributed by atoms with Gasteiger partial charge < -0.3 is 5.73 Å². The summed E-state index contributed by atoms with van der Waals surface area (Å²) >= 11 is 0. The Kier molecular flexibility index (Phi) is 3.79. The minimum atomic E-state index is 0.148. The maximum atomic E-state index is 6.18. The lowest BCUT2D eigenvalue weighted by Gasteiger charge is -2.31. The average Bonchev–Trinajstić information content (AvgIpc) is 2.60. The van der Waals surface area contributed by atoms with E-state index in [1.165, 1.54) is 5.56 Å². The lowest BCUT2D eigenvalue weighted by Crippen LogP contribution is -2.38. The van der Waals surface area contributed by atoms with Gasteiger partial charge in [-0.15, -0.1) is 0 Å². The number of pyridine rings is 1. The van der Waals surface area contributed by atoms with Gasteiger partial charge >= 0.3 is 0 Å². The maximum Gasteiger partial charge on any atom is 0.0497 e. The summed E-state index contributed by atoms with van der Waals surface area (Å²) in [4.78, 5) is 6.61. The second-order valence-corrected chi connectivity index (χ2v) is 5.49. The molecule has 1 aliphatic heterocycles. The summed E-state index contributed by atoms with van der Waals surface area (Å²) in [5, 5.41) is 0. The molecule has 0 spiro atoms. The number of rotatable bonds is 3. The predicted molar refractivity (Wildman–Crippen MR) is 70.5 cm³/mol. The molecule has 1 fully saturated rings. The zero-order valence-corrected chi connectivity index (χ0v) is 11.0. The van der Waals surface area contributed by atoms with Crippen molar-refractivity contribution in [2.75, 3.05) is 13.1 Å². The molecule has 0 bridgehead atoms. The van der Waals surface area contributed by atoms with Crippen LogP contribution in [0.3, 0.4) is 0 Å². The van der Waals surface area contributed by atoms with Crippen LogP contribution in [0.25, 0.3) is 0 Å². The van der Waals surface area contributed by atoms with Crippen molar-refractivity contribution < 1.29 is 0 Å². The third-order valence-electron chi connectivity index (χ3n) is 3.96. The van der Waals surface area contributed by atoms with E-state index in [1.807, 2.05) is 12.4 Å². The van der Waals surface area contributed by atoms with E-state index >= 15 is 0 Å². The van der Waals surface area contributed by atoms with Crippen molar-refractivity contribution in [3.63, 3.8) is 0 Å². The number of hydrogen-bond acceptors (Lipinski definition) is 3. The summed E-state index contributed by atoms with van der Waals surface area (Å²) in [5.74, 6) is 1.52. The zero-order valence-electron chi connectivity index (χ0n) is 11.0. The van der Waals surface area contributed by atoms with Crippen molar-refractivity contribution in [3.8, 4) is 0 Å². The van der Waals surface area contributed by atoms with Crippen molar-refractivity contribution in [1.82, 2.24) is 9.88 Å². The number of aromatic nitrogens is 1. The Morgan fingerprint density at radius 3 is 2.24 bits per heavy atom. The first-order chi connectivity index (χ1) is 8.09. The summed E-state index contributed by atoms with van der Waals surface area (Å²) in [5.41, 5.74) is 7.47. The summed E-state index contributed by atoms with van der Waals surface area (Å²) in [6.07, 6.45) is 3.71. The molecule has 2 rings (SSSR count). The molecule has 1 aliphatic rings. The Balaban J connectivity index is 2.19. The molecule has 1 aromatic heterocycles. The fourth-order valence-corrected chi connectivity index (χ4v) is 2.81. The van der Waals surface area contributed by atoms with Crippen LogP contribution in [0.4, 0.5) is 0 Å². The highest BCUT2D eigenvalue weighted by Crippen LogP contribution is 2.31. The van der Waals surface area contributed by atoms with Crippen LogP contribution in [-0.4, -0.2) is 29.0 Å². The van der Waals surface area contributed by atoms with E-state index in [0.717, 1.165) is 24.9 Å². The lowest BCUT2D eigenvalue weighted by molar-refractivity contribution is 0.209. The van der Waals surface area contributed by atoms with Gasteiger partial charge in [0, 0.05) is 37.6 Å². The smallest absolute Gasteiger partial charge is 0.0497 e. The Hall–Kier alpha value is -0.930. The van der Waals surface area contributed by atoms with E-state index in [-0.39, 0.29) is 6.04 Å². The molecule has 3 nitrogen and oxygen atoms in total. The van der Waals surface area contributed by atoms with Gasteiger partial charge in [0.05, 0.1) is 0 Å². The molecule has 2 N–H and O–H groups in total. The second kappa shape index (κ2) is 5.15. The van der Waals surface area contributed by atoms with Crippen LogP contribution >= 0.6 is 0 Å². The van der Waals surface area contributed by atoms with Crippen molar-refractivity contribution in [1.29, 1.82) is 0 Å². The molecule has 0 aromatic carbocycles. The number of nitrogens with two attached hydrogens (primary N) is 1. The molecule has 0 radical (unpaired) electrons. The minimum Gasteiger partial charge on any atom is -0.326 e. The van der Waals surface area contributed by atoms with Crippen molar-refractivity contribution in [2.24, 2.45) is 17.6 Å². The molecule has 2 heterocycles. The molecular weight excluding hydrogens is 210 g/mol. The molecule has 1 aromatic rings. The number of nitrogens with zero attached hydrogens (tertiary/aromatic N) is 2. The largest absolute Gasteiger partial charge is 0.326 e. The van der Waals surface area contributed by atoms with E-state index in [0.29, 0.717) is 6.04 Å². The van der Waals surface area contributed by atoms with Gasteiger partial charge in [-0.05, 0) is 36.5 Å². The van der Waals surface area contributed by atoms with Gasteiger partial charge in [-0.1, -0.05) is 13.8 Å². The average molecular weight is 233 g/mol. The van der Waals surface area contributed by atoms with Crippen molar-refractivity contribution in [3.05, 3.63) is 30.1 Å². The van der Waals surface area contributed by atoms with Gasteiger partial charge in [0.15, 0.2) is 0 Å². The maximum absolute atomic E-state index is 6.18. The number of likely N-dealkylation sites (tertiary alicyclic amines) is 1. The molecule has 4 atom stereocenters. The number of hydrogen-bond donors (Lipinski definition) is 1. The fourth-order valence-electron chi connectivity index (χ4n) is 2.81. The normalized spacial score (nSPS) is 29.2. The van der Waals surface area contributed by atoms with E-state index in [1.54, 1.807) is 0 Å². The molecule has 4 unspecified atom stereocenters. The Morgan fingerprint density at radius 1 is 1.24 bits per heavy atom. The summed E-state index contributed by atoms with van der Waals surface area (Å²) in [7, 11) is 0. The molecule has 0 amide bonds.